The number of hydrogen-bond acceptors (Lipinski definition) is 3. The summed E-state index contributed by atoms with van der Waals surface area (Å²) in [6.07, 6.45) is 4.18. The smallest absolute Gasteiger partial charge is 0.169 e. The van der Waals surface area contributed by atoms with E-state index in [0.29, 0.717) is 0 Å². The highest BCUT2D eigenvalue weighted by Gasteiger charge is 2.38. The minimum absolute atomic E-state index is 0.0162. The van der Waals surface area contributed by atoms with Gasteiger partial charge in [-0.05, 0) is 68.4 Å². The summed E-state index contributed by atoms with van der Waals surface area (Å²) in [5.41, 5.74) is 6.16. The monoisotopic (exact) mass is 378 g/mol. The van der Waals surface area contributed by atoms with Gasteiger partial charge in [0.15, 0.2) is 5.11 Å². The normalized spacial score (nSPS) is 23.7. The molecule has 2 unspecified atom stereocenters. The highest BCUT2D eigenvalue weighted by atomic mass is 32.1. The fraction of sp³-hybridized carbons (Fsp3) is 0.364. The molecule has 0 amide bonds. The van der Waals surface area contributed by atoms with Crippen LogP contribution in [0.5, 0.6) is 0 Å². The number of hydrogen-bond donors (Lipinski definition) is 1. The maximum Gasteiger partial charge on any atom is 0.169 e. The second kappa shape index (κ2) is 6.34. The first-order chi connectivity index (χ1) is 12.8. The standard InChI is InChI=1S/C22H26N4S/c1-14-13-22(2,3)26(5)18-10-9-15(12-16(14)18)20-19(24-21(27)25(20)4)17-8-6-7-11-23-17/h6-13,19-20H,1-5H3,(H,24,27). The Kier molecular flexibility index (Phi) is 4.22. The summed E-state index contributed by atoms with van der Waals surface area (Å²) in [4.78, 5) is 9.06. The third kappa shape index (κ3) is 2.90. The largest absolute Gasteiger partial charge is 0.366 e. The van der Waals surface area contributed by atoms with E-state index in [1.807, 2.05) is 18.3 Å². The topological polar surface area (TPSA) is 31.4 Å². The van der Waals surface area contributed by atoms with Gasteiger partial charge in [0.25, 0.3) is 0 Å². The van der Waals surface area contributed by atoms with E-state index in [0.717, 1.165) is 10.8 Å². The number of fused-ring (bicyclic) bond motifs is 1. The number of thiocarbonyl (C=S) groups is 1. The zero-order valence-electron chi connectivity index (χ0n) is 16.5. The van der Waals surface area contributed by atoms with Crippen LogP contribution in [0.1, 0.15) is 49.7 Å². The van der Waals surface area contributed by atoms with Gasteiger partial charge in [-0.1, -0.05) is 18.2 Å². The Morgan fingerprint density at radius 1 is 1.15 bits per heavy atom. The zero-order chi connectivity index (χ0) is 19.3. The molecule has 0 saturated carbocycles. The number of aromatic nitrogens is 1. The van der Waals surface area contributed by atoms with Crippen LogP contribution >= 0.6 is 12.2 Å². The maximum absolute atomic E-state index is 5.56. The van der Waals surface area contributed by atoms with Gasteiger partial charge in [0.2, 0.25) is 0 Å². The third-order valence-electron chi connectivity index (χ3n) is 5.92. The Morgan fingerprint density at radius 2 is 1.93 bits per heavy atom. The van der Waals surface area contributed by atoms with E-state index >= 15 is 0 Å². The van der Waals surface area contributed by atoms with Crippen molar-refractivity contribution in [1.82, 2.24) is 15.2 Å². The number of pyridine rings is 1. The van der Waals surface area contributed by atoms with Crippen molar-refractivity contribution in [3.8, 4) is 0 Å². The Balaban J connectivity index is 1.79. The molecule has 2 aromatic rings. The molecule has 1 aromatic carbocycles. The molecule has 3 heterocycles. The van der Waals surface area contributed by atoms with Crippen LogP contribution in [0, 0.1) is 0 Å². The Labute approximate surface area is 166 Å². The second-order valence-corrected chi connectivity index (χ2v) is 8.44. The highest BCUT2D eigenvalue weighted by molar-refractivity contribution is 7.80. The van der Waals surface area contributed by atoms with E-state index in [1.54, 1.807) is 0 Å². The lowest BCUT2D eigenvalue weighted by Crippen LogP contribution is -2.42. The van der Waals surface area contributed by atoms with Gasteiger partial charge in [0.05, 0.1) is 23.3 Å². The van der Waals surface area contributed by atoms with Gasteiger partial charge in [-0.25, -0.2) is 0 Å². The van der Waals surface area contributed by atoms with E-state index in [-0.39, 0.29) is 17.6 Å². The molecule has 0 bridgehead atoms. The number of allylic oxidation sites excluding steroid dienone is 1. The molecule has 1 aromatic heterocycles. The molecule has 4 nitrogen and oxygen atoms in total. The summed E-state index contributed by atoms with van der Waals surface area (Å²) in [6.45, 7) is 6.70. The summed E-state index contributed by atoms with van der Waals surface area (Å²) < 4.78 is 0. The zero-order valence-corrected chi connectivity index (χ0v) is 17.3. The Bertz CT molecular complexity index is 919. The molecule has 2 aliphatic heterocycles. The Hall–Kier alpha value is -2.40. The van der Waals surface area contributed by atoms with Crippen LogP contribution < -0.4 is 10.2 Å². The summed E-state index contributed by atoms with van der Waals surface area (Å²) >= 11 is 5.56. The molecular weight excluding hydrogens is 352 g/mol. The van der Waals surface area contributed by atoms with Crippen LogP contribution in [0.2, 0.25) is 0 Å². The van der Waals surface area contributed by atoms with Crippen molar-refractivity contribution in [2.75, 3.05) is 19.0 Å². The minimum Gasteiger partial charge on any atom is -0.366 e. The Morgan fingerprint density at radius 3 is 2.63 bits per heavy atom. The molecule has 5 heteroatoms. The molecule has 1 saturated heterocycles. The molecule has 0 aliphatic carbocycles. The van der Waals surface area contributed by atoms with Gasteiger partial charge in [-0.2, -0.15) is 0 Å². The molecule has 2 atom stereocenters. The number of likely N-dealkylation sites (N-methyl/N-ethyl adjacent to an activating group) is 2. The average molecular weight is 379 g/mol. The van der Waals surface area contributed by atoms with Crippen LogP contribution in [-0.2, 0) is 0 Å². The summed E-state index contributed by atoms with van der Waals surface area (Å²) in [7, 11) is 4.22. The van der Waals surface area contributed by atoms with Gasteiger partial charge >= 0.3 is 0 Å². The van der Waals surface area contributed by atoms with Gasteiger partial charge < -0.3 is 15.1 Å². The number of nitrogens with zero attached hydrogens (tertiary/aromatic N) is 3. The molecule has 27 heavy (non-hydrogen) atoms. The van der Waals surface area contributed by atoms with Crippen molar-refractivity contribution in [1.29, 1.82) is 0 Å². The van der Waals surface area contributed by atoms with E-state index in [1.165, 1.54) is 22.4 Å². The number of benzene rings is 1. The van der Waals surface area contributed by atoms with Crippen molar-refractivity contribution < 1.29 is 0 Å². The summed E-state index contributed by atoms with van der Waals surface area (Å²) in [6, 6.07) is 13.0. The first-order valence-electron chi connectivity index (χ1n) is 9.31. The lowest BCUT2D eigenvalue weighted by Gasteiger charge is -2.41. The van der Waals surface area contributed by atoms with E-state index < -0.39 is 0 Å². The molecular formula is C22H26N4S. The first kappa shape index (κ1) is 18.0. The van der Waals surface area contributed by atoms with Crippen LogP contribution in [0.4, 0.5) is 5.69 Å². The van der Waals surface area contributed by atoms with Gasteiger partial charge in [0, 0.05) is 31.5 Å². The van der Waals surface area contributed by atoms with Gasteiger partial charge in [0.1, 0.15) is 0 Å². The predicted molar refractivity (Wildman–Crippen MR) is 116 cm³/mol. The van der Waals surface area contributed by atoms with Gasteiger partial charge in [-0.3, -0.25) is 4.98 Å². The molecule has 0 radical (unpaired) electrons. The fourth-order valence-corrected chi connectivity index (χ4v) is 4.48. The van der Waals surface area contributed by atoms with Crippen LogP contribution in [0.15, 0.2) is 48.7 Å². The fourth-order valence-electron chi connectivity index (χ4n) is 4.24. The van der Waals surface area contributed by atoms with Crippen molar-refractivity contribution in [2.45, 2.75) is 38.4 Å². The van der Waals surface area contributed by atoms with Crippen LogP contribution in [-0.4, -0.2) is 34.6 Å². The van der Waals surface area contributed by atoms with Crippen molar-refractivity contribution >= 4 is 28.6 Å². The summed E-state index contributed by atoms with van der Waals surface area (Å²) in [5, 5.41) is 4.21. The quantitative estimate of drug-likeness (QED) is 0.787. The number of anilines is 1. The lowest BCUT2D eigenvalue weighted by atomic mass is 9.86. The van der Waals surface area contributed by atoms with Crippen LogP contribution in [0.3, 0.4) is 0 Å². The molecule has 1 fully saturated rings. The number of rotatable bonds is 2. The maximum atomic E-state index is 5.56. The predicted octanol–water partition coefficient (Wildman–Crippen LogP) is 4.32. The molecule has 4 rings (SSSR count). The average Bonchev–Trinajstić information content (AvgIpc) is 2.95. The lowest BCUT2D eigenvalue weighted by molar-refractivity contribution is 0.368. The van der Waals surface area contributed by atoms with Gasteiger partial charge in [-0.15, -0.1) is 0 Å². The number of nitrogens with one attached hydrogen (secondary N) is 1. The molecule has 2 aliphatic rings. The third-order valence-corrected chi connectivity index (χ3v) is 6.33. The first-order valence-corrected chi connectivity index (χ1v) is 9.72. The van der Waals surface area contributed by atoms with Crippen LogP contribution in [0.25, 0.3) is 5.57 Å². The molecule has 0 spiro atoms. The molecule has 1 N–H and O–H groups in total. The SMILES string of the molecule is CC1=CC(C)(C)N(C)c2ccc(C3C(c4ccccn4)NC(=S)N3C)cc21. The summed E-state index contributed by atoms with van der Waals surface area (Å²) in [5.74, 6) is 0. The van der Waals surface area contributed by atoms with E-state index in [2.05, 4.69) is 85.3 Å². The van der Waals surface area contributed by atoms with E-state index in [9.17, 15) is 0 Å². The van der Waals surface area contributed by atoms with Crippen molar-refractivity contribution in [3.05, 3.63) is 65.5 Å². The molecule has 140 valence electrons. The minimum atomic E-state index is 0.0162. The van der Waals surface area contributed by atoms with Crippen molar-refractivity contribution in [3.63, 3.8) is 0 Å². The second-order valence-electron chi connectivity index (χ2n) is 8.05. The van der Waals surface area contributed by atoms with Crippen molar-refractivity contribution in [2.24, 2.45) is 0 Å². The van der Waals surface area contributed by atoms with E-state index in [4.69, 9.17) is 12.2 Å². The highest BCUT2D eigenvalue weighted by Crippen LogP contribution is 2.42.